The van der Waals surface area contributed by atoms with Crippen molar-refractivity contribution in [3.8, 4) is 0 Å². The minimum absolute atomic E-state index is 0. The third kappa shape index (κ3) is 13.4. The molecule has 0 saturated heterocycles. The minimum atomic E-state index is -3.79. The van der Waals surface area contributed by atoms with Crippen LogP contribution in [0.5, 0.6) is 0 Å². The maximum absolute atomic E-state index is 10.2. The van der Waals surface area contributed by atoms with Crippen LogP contribution < -0.4 is 34.9 Å². The van der Waals surface area contributed by atoms with Gasteiger partial charge in [0.25, 0.3) is 0 Å². The van der Waals surface area contributed by atoms with Crippen molar-refractivity contribution in [3.63, 3.8) is 0 Å². The topological polar surface area (TPSA) is 78.5 Å². The van der Waals surface area contributed by atoms with Gasteiger partial charge in [-0.25, -0.2) is 4.21 Å². The molecule has 8 heteroatoms. The Kier molecular flexibility index (Phi) is 9.13. The monoisotopic (exact) mass is 221 g/mol. The van der Waals surface area contributed by atoms with Gasteiger partial charge in [0.15, 0.2) is 0 Å². The van der Waals surface area contributed by atoms with E-state index in [1.165, 1.54) is 6.92 Å². The molecule has 1 amide bonds. The molecule has 12 heavy (non-hydrogen) atoms. The van der Waals surface area contributed by atoms with Gasteiger partial charge in [-0.2, -0.15) is 0 Å². The van der Waals surface area contributed by atoms with Crippen LogP contribution in [0.1, 0.15) is 6.92 Å². The van der Waals surface area contributed by atoms with E-state index >= 15 is 0 Å². The summed E-state index contributed by atoms with van der Waals surface area (Å²) < 4.78 is 24.5. The van der Waals surface area contributed by atoms with Crippen molar-refractivity contribution in [2.24, 2.45) is 0 Å². The van der Waals surface area contributed by atoms with Crippen molar-refractivity contribution in [3.05, 3.63) is 0 Å². The minimum Gasteiger partial charge on any atom is -0.748 e. The summed E-state index contributed by atoms with van der Waals surface area (Å²) in [6, 6.07) is 0. The van der Waals surface area contributed by atoms with Crippen molar-refractivity contribution >= 4 is 26.1 Å². The van der Waals surface area contributed by atoms with Crippen LogP contribution in [-0.4, -0.2) is 27.8 Å². The molecule has 1 N–H and O–H groups in total. The van der Waals surface area contributed by atoms with Crippen LogP contribution in [0.3, 0.4) is 0 Å². The van der Waals surface area contributed by atoms with Crippen LogP contribution in [0, 0.1) is 0 Å². The molecule has 0 spiro atoms. The van der Waals surface area contributed by atoms with E-state index in [9.17, 15) is 13.6 Å². The molecule has 0 aliphatic heterocycles. The second kappa shape index (κ2) is 7.19. The van der Waals surface area contributed by atoms with Gasteiger partial charge in [-0.15, -0.1) is 0 Å². The maximum atomic E-state index is 10.2. The first-order valence-corrected chi connectivity index (χ1v) is 5.10. The largest absolute Gasteiger partial charge is 1.00 e. The molecule has 66 valence electrons. The Morgan fingerprint density at radius 1 is 1.75 bits per heavy atom. The maximum Gasteiger partial charge on any atom is 1.00 e. The SMILES string of the molecule is CC(=O)NCCOS(=O)([O-])=S.[Na+]. The Hall–Kier alpha value is 0.760. The molecule has 0 aromatic rings. The fraction of sp³-hybridized carbons (Fsp3) is 0.750. The van der Waals surface area contributed by atoms with Crippen LogP contribution in [-0.2, 0) is 29.2 Å². The van der Waals surface area contributed by atoms with Crippen LogP contribution in [0.25, 0.3) is 0 Å². The van der Waals surface area contributed by atoms with Crippen molar-refractivity contribution in [1.29, 1.82) is 0 Å². The van der Waals surface area contributed by atoms with E-state index in [2.05, 4.69) is 20.7 Å². The molecule has 0 heterocycles. The average Bonchev–Trinajstić information content (AvgIpc) is 1.78. The molecule has 1 unspecified atom stereocenters. The molecule has 1 atom stereocenters. The first-order valence-electron chi connectivity index (χ1n) is 2.76. The number of amides is 1. The van der Waals surface area contributed by atoms with Crippen molar-refractivity contribution in [1.82, 2.24) is 5.32 Å². The molecule has 0 radical (unpaired) electrons. The standard InChI is InChI=1S/C4H9NO4S2.Na/c1-4(6)5-2-3-9-11(7,8)10;/h2-3H2,1H3,(H,5,6)(H,7,8,10);/q;+1/p-1. The second-order valence-corrected chi connectivity index (χ2v) is 3.99. The average molecular weight is 221 g/mol. The molecule has 0 saturated carbocycles. The molecule has 0 fully saturated rings. The number of rotatable bonds is 4. The predicted octanol–water partition coefficient (Wildman–Crippen LogP) is -4.07. The molecular formula is C4H8NNaO4S2. The summed E-state index contributed by atoms with van der Waals surface area (Å²) in [5.74, 6) is -0.240. The summed E-state index contributed by atoms with van der Waals surface area (Å²) in [5.41, 5.74) is 0. The van der Waals surface area contributed by atoms with Gasteiger partial charge in [-0.05, 0) is 11.2 Å². The van der Waals surface area contributed by atoms with E-state index in [0.717, 1.165) is 0 Å². The van der Waals surface area contributed by atoms with E-state index in [-0.39, 0.29) is 48.6 Å². The van der Waals surface area contributed by atoms with Gasteiger partial charge in [-0.3, -0.25) is 8.98 Å². The van der Waals surface area contributed by atoms with Gasteiger partial charge < -0.3 is 9.87 Å². The van der Waals surface area contributed by atoms with Gasteiger partial charge in [0.2, 0.25) is 5.91 Å². The summed E-state index contributed by atoms with van der Waals surface area (Å²) in [4.78, 5) is 10.2. The number of carbonyl (C=O) groups excluding carboxylic acids is 1. The van der Waals surface area contributed by atoms with Crippen molar-refractivity contribution in [2.45, 2.75) is 6.92 Å². The molecule has 5 nitrogen and oxygen atoms in total. The molecule has 0 aliphatic rings. The molecule has 0 aromatic heterocycles. The summed E-state index contributed by atoms with van der Waals surface area (Å²) in [6.45, 7) is 1.35. The van der Waals surface area contributed by atoms with E-state index in [4.69, 9.17) is 0 Å². The Morgan fingerprint density at radius 2 is 2.25 bits per heavy atom. The fourth-order valence-electron chi connectivity index (χ4n) is 0.371. The summed E-state index contributed by atoms with van der Waals surface area (Å²) in [5, 5.41) is 2.34. The molecule has 0 aromatic carbocycles. The Labute approximate surface area is 98.2 Å². The Bertz CT molecular complexity index is 227. The third-order valence-electron chi connectivity index (χ3n) is 0.704. The Morgan fingerprint density at radius 3 is 2.58 bits per heavy atom. The van der Waals surface area contributed by atoms with Gasteiger partial charge in [0, 0.05) is 13.5 Å². The van der Waals surface area contributed by atoms with Crippen LogP contribution in [0.2, 0.25) is 0 Å². The second-order valence-electron chi connectivity index (χ2n) is 1.71. The van der Waals surface area contributed by atoms with Crippen LogP contribution in [0.4, 0.5) is 0 Å². The number of hydrogen-bond donors (Lipinski definition) is 1. The number of nitrogens with one attached hydrogen (secondary N) is 1. The molecule has 0 aliphatic carbocycles. The summed E-state index contributed by atoms with van der Waals surface area (Å²) in [6.07, 6.45) is 0. The third-order valence-corrected chi connectivity index (χ3v) is 1.45. The molecule has 0 bridgehead atoms. The zero-order valence-corrected chi connectivity index (χ0v) is 10.5. The Balaban J connectivity index is 0. The normalized spacial score (nSPS) is 14.2. The number of hydrogen-bond acceptors (Lipinski definition) is 5. The van der Waals surface area contributed by atoms with Crippen molar-refractivity contribution in [2.75, 3.05) is 13.2 Å². The van der Waals surface area contributed by atoms with Gasteiger partial charge in [-0.1, -0.05) is 0 Å². The van der Waals surface area contributed by atoms with E-state index in [1.54, 1.807) is 0 Å². The quantitative estimate of drug-likeness (QED) is 0.386. The summed E-state index contributed by atoms with van der Waals surface area (Å²) >= 11 is 3.90. The van der Waals surface area contributed by atoms with E-state index in [1.807, 2.05) is 0 Å². The van der Waals surface area contributed by atoms with Gasteiger partial charge in [0.1, 0.15) is 0 Å². The zero-order chi connectivity index (χ0) is 8.91. The number of carbonyl (C=O) groups is 1. The van der Waals surface area contributed by atoms with Gasteiger partial charge in [0.05, 0.1) is 15.7 Å². The predicted molar refractivity (Wildman–Crippen MR) is 40.9 cm³/mol. The first kappa shape index (κ1) is 15.2. The van der Waals surface area contributed by atoms with E-state index < -0.39 is 9.05 Å². The van der Waals surface area contributed by atoms with Gasteiger partial charge >= 0.3 is 29.6 Å². The van der Waals surface area contributed by atoms with Crippen LogP contribution in [0.15, 0.2) is 0 Å². The fourth-order valence-corrected chi connectivity index (χ4v) is 0.862. The summed E-state index contributed by atoms with van der Waals surface area (Å²) in [7, 11) is -3.79. The van der Waals surface area contributed by atoms with Crippen LogP contribution >= 0.6 is 0 Å². The molecular weight excluding hydrogens is 213 g/mol. The first-order chi connectivity index (χ1) is 4.92. The molecule has 0 rings (SSSR count). The zero-order valence-electron chi connectivity index (χ0n) is 6.86. The van der Waals surface area contributed by atoms with E-state index in [0.29, 0.717) is 0 Å². The van der Waals surface area contributed by atoms with Crippen molar-refractivity contribution < 1.29 is 47.3 Å². The smallest absolute Gasteiger partial charge is 0.748 e.